The van der Waals surface area contributed by atoms with Crippen molar-refractivity contribution in [3.63, 3.8) is 0 Å². The fourth-order valence-corrected chi connectivity index (χ4v) is 4.70. The predicted molar refractivity (Wildman–Crippen MR) is 124 cm³/mol. The van der Waals surface area contributed by atoms with E-state index in [1.54, 1.807) is 17.8 Å². The second kappa shape index (κ2) is 8.61. The molecule has 4 rings (SSSR count). The van der Waals surface area contributed by atoms with Gasteiger partial charge in [-0.3, -0.25) is 13.7 Å². The molecule has 0 aliphatic carbocycles. The van der Waals surface area contributed by atoms with Gasteiger partial charge in [-0.25, -0.2) is 4.79 Å². The lowest BCUT2D eigenvalue weighted by Crippen LogP contribution is -2.44. The Kier molecular flexibility index (Phi) is 5.86. The van der Waals surface area contributed by atoms with Crippen molar-refractivity contribution >= 4 is 10.1 Å². The van der Waals surface area contributed by atoms with E-state index >= 15 is 0 Å². The SMILES string of the molecule is Cn1c(CCS(=O)(=O)O)cn(C(c2ccccc2)(c2ccccc2)c2ccccc2)c1=O. The highest BCUT2D eigenvalue weighted by Gasteiger charge is 2.40. The van der Waals surface area contributed by atoms with E-state index in [1.165, 1.54) is 4.57 Å². The molecule has 0 saturated carbocycles. The van der Waals surface area contributed by atoms with Crippen LogP contribution >= 0.6 is 0 Å². The van der Waals surface area contributed by atoms with Crippen LogP contribution in [0, 0.1) is 0 Å². The lowest BCUT2D eigenvalue weighted by atomic mass is 9.76. The van der Waals surface area contributed by atoms with Crippen LogP contribution in [0.2, 0.25) is 0 Å². The molecule has 0 aliphatic heterocycles. The number of aromatic nitrogens is 2. The molecule has 164 valence electrons. The second-order valence-electron chi connectivity index (χ2n) is 7.68. The molecular weight excluding hydrogens is 424 g/mol. The number of hydrogen-bond acceptors (Lipinski definition) is 3. The Morgan fingerprint density at radius 2 is 1.19 bits per heavy atom. The first-order chi connectivity index (χ1) is 15.3. The van der Waals surface area contributed by atoms with E-state index in [0.717, 1.165) is 16.7 Å². The van der Waals surface area contributed by atoms with Crippen LogP contribution in [0.25, 0.3) is 0 Å². The van der Waals surface area contributed by atoms with Crippen LogP contribution in [0.4, 0.5) is 0 Å². The monoisotopic (exact) mass is 448 g/mol. The summed E-state index contributed by atoms with van der Waals surface area (Å²) < 4.78 is 35.0. The van der Waals surface area contributed by atoms with Crippen molar-refractivity contribution in [3.8, 4) is 0 Å². The molecule has 0 amide bonds. The minimum absolute atomic E-state index is 0.0199. The number of nitrogens with zero attached hydrogens (tertiary/aromatic N) is 2. The van der Waals surface area contributed by atoms with Crippen LogP contribution in [-0.2, 0) is 29.1 Å². The van der Waals surface area contributed by atoms with Gasteiger partial charge >= 0.3 is 5.69 Å². The normalized spacial score (nSPS) is 12.1. The zero-order chi connectivity index (χ0) is 22.8. The van der Waals surface area contributed by atoms with E-state index in [4.69, 9.17) is 0 Å². The summed E-state index contributed by atoms with van der Waals surface area (Å²) >= 11 is 0. The molecule has 0 unspecified atom stereocenters. The Morgan fingerprint density at radius 3 is 1.56 bits per heavy atom. The highest BCUT2D eigenvalue weighted by atomic mass is 32.2. The summed E-state index contributed by atoms with van der Waals surface area (Å²) in [5.74, 6) is -0.459. The van der Waals surface area contributed by atoms with Crippen LogP contribution in [-0.4, -0.2) is 27.9 Å². The maximum Gasteiger partial charge on any atom is 0.329 e. The van der Waals surface area contributed by atoms with Gasteiger partial charge in [0.05, 0.1) is 5.75 Å². The Bertz CT molecular complexity index is 1260. The van der Waals surface area contributed by atoms with Crippen molar-refractivity contribution in [2.24, 2.45) is 7.05 Å². The third-order valence-electron chi connectivity index (χ3n) is 5.75. The maximum absolute atomic E-state index is 13.6. The Hall–Kier alpha value is -3.42. The number of hydrogen-bond donors (Lipinski definition) is 1. The lowest BCUT2D eigenvalue weighted by molar-refractivity contribution is 0.482. The molecule has 6 nitrogen and oxygen atoms in total. The van der Waals surface area contributed by atoms with Gasteiger partial charge < -0.3 is 0 Å². The van der Waals surface area contributed by atoms with Gasteiger partial charge in [-0.05, 0) is 16.7 Å². The van der Waals surface area contributed by atoms with Crippen LogP contribution in [0.1, 0.15) is 22.4 Å². The smallest absolute Gasteiger partial charge is 0.299 e. The number of imidazole rings is 1. The quantitative estimate of drug-likeness (QED) is 0.347. The average Bonchev–Trinajstić information content (AvgIpc) is 3.09. The number of aryl methyl sites for hydroxylation is 1. The molecule has 1 aromatic heterocycles. The van der Waals surface area contributed by atoms with Gasteiger partial charge in [0.25, 0.3) is 10.1 Å². The van der Waals surface area contributed by atoms with Gasteiger partial charge in [-0.2, -0.15) is 8.42 Å². The van der Waals surface area contributed by atoms with E-state index in [-0.39, 0.29) is 12.1 Å². The van der Waals surface area contributed by atoms with Crippen LogP contribution in [0.3, 0.4) is 0 Å². The molecule has 0 spiro atoms. The first-order valence-corrected chi connectivity index (χ1v) is 11.8. The summed E-state index contributed by atoms with van der Waals surface area (Å²) in [6, 6.07) is 29.3. The third kappa shape index (κ3) is 3.92. The van der Waals surface area contributed by atoms with E-state index < -0.39 is 21.4 Å². The molecule has 0 bridgehead atoms. The summed E-state index contributed by atoms with van der Waals surface area (Å²) in [4.78, 5) is 13.6. The first kappa shape index (κ1) is 21.8. The number of rotatable bonds is 7. The highest BCUT2D eigenvalue weighted by molar-refractivity contribution is 7.85. The largest absolute Gasteiger partial charge is 0.329 e. The molecule has 7 heteroatoms. The second-order valence-corrected chi connectivity index (χ2v) is 9.25. The minimum Gasteiger partial charge on any atom is -0.299 e. The maximum atomic E-state index is 13.6. The lowest BCUT2D eigenvalue weighted by Gasteiger charge is -2.36. The summed E-state index contributed by atoms with van der Waals surface area (Å²) in [5.41, 5.74) is 1.94. The molecule has 32 heavy (non-hydrogen) atoms. The number of benzene rings is 3. The molecule has 0 fully saturated rings. The minimum atomic E-state index is -4.16. The average molecular weight is 449 g/mol. The molecule has 0 radical (unpaired) electrons. The molecular formula is C25H24N2O4S. The van der Waals surface area contributed by atoms with Crippen molar-refractivity contribution in [1.29, 1.82) is 0 Å². The molecule has 0 atom stereocenters. The highest BCUT2D eigenvalue weighted by Crippen LogP contribution is 2.40. The van der Waals surface area contributed by atoms with Crippen LogP contribution in [0.5, 0.6) is 0 Å². The van der Waals surface area contributed by atoms with E-state index in [0.29, 0.717) is 5.69 Å². The van der Waals surface area contributed by atoms with Crippen molar-refractivity contribution in [3.05, 3.63) is 130 Å². The van der Waals surface area contributed by atoms with Gasteiger partial charge in [0.1, 0.15) is 5.54 Å². The zero-order valence-corrected chi connectivity index (χ0v) is 18.4. The van der Waals surface area contributed by atoms with E-state index in [9.17, 15) is 17.8 Å². The summed E-state index contributed by atoms with van der Waals surface area (Å²) in [6.07, 6.45) is 1.71. The molecule has 4 aromatic rings. The summed E-state index contributed by atoms with van der Waals surface area (Å²) in [6.45, 7) is 0. The third-order valence-corrected chi connectivity index (χ3v) is 6.47. The van der Waals surface area contributed by atoms with Crippen molar-refractivity contribution in [2.45, 2.75) is 12.0 Å². The molecule has 1 N–H and O–H groups in total. The molecule has 0 saturated heterocycles. The van der Waals surface area contributed by atoms with Gasteiger partial charge in [0, 0.05) is 25.4 Å². The molecule has 1 heterocycles. The molecule has 0 aliphatic rings. The first-order valence-electron chi connectivity index (χ1n) is 10.2. The molecule has 3 aromatic carbocycles. The van der Waals surface area contributed by atoms with Gasteiger partial charge in [-0.1, -0.05) is 91.0 Å². The standard InChI is InChI=1S/C25H24N2O4S/c1-26-23(17-18-32(29,30)31)19-27(24(26)28)25(20-11-5-2-6-12-20,21-13-7-3-8-14-21)22-15-9-4-10-16-22/h2-16,19H,17-18H2,1H3,(H,29,30,31). The fourth-order valence-electron chi connectivity index (χ4n) is 4.24. The fraction of sp³-hybridized carbons (Fsp3) is 0.160. The van der Waals surface area contributed by atoms with Crippen LogP contribution in [0.15, 0.2) is 102 Å². The summed E-state index contributed by atoms with van der Waals surface area (Å²) in [5, 5.41) is 0. The van der Waals surface area contributed by atoms with E-state index in [1.807, 2.05) is 91.0 Å². The van der Waals surface area contributed by atoms with Gasteiger partial charge in [0.2, 0.25) is 0 Å². The topological polar surface area (TPSA) is 81.3 Å². The van der Waals surface area contributed by atoms with Crippen molar-refractivity contribution < 1.29 is 13.0 Å². The summed E-state index contributed by atoms with van der Waals surface area (Å²) in [7, 11) is -2.54. The Morgan fingerprint density at radius 1 is 0.781 bits per heavy atom. The van der Waals surface area contributed by atoms with Crippen molar-refractivity contribution in [2.75, 3.05) is 5.75 Å². The Labute approximate surface area is 187 Å². The van der Waals surface area contributed by atoms with Gasteiger partial charge in [0.15, 0.2) is 0 Å². The Balaban J connectivity index is 2.07. The predicted octanol–water partition coefficient (Wildman–Crippen LogP) is 3.46. The van der Waals surface area contributed by atoms with E-state index in [2.05, 4.69) is 0 Å². The van der Waals surface area contributed by atoms with Gasteiger partial charge in [-0.15, -0.1) is 0 Å². The zero-order valence-electron chi connectivity index (χ0n) is 17.6. The van der Waals surface area contributed by atoms with Crippen LogP contribution < -0.4 is 5.69 Å². The van der Waals surface area contributed by atoms with Crippen molar-refractivity contribution in [1.82, 2.24) is 9.13 Å².